The number of hydrogen-bond acceptors (Lipinski definition) is 2. The van der Waals surface area contributed by atoms with E-state index in [1.54, 1.807) is 0 Å². The van der Waals surface area contributed by atoms with E-state index in [1.807, 2.05) is 12.1 Å². The number of rotatable bonds is 0. The minimum atomic E-state index is 0.803. The Kier molecular flexibility index (Phi) is 1.78. The molecule has 0 amide bonds. The van der Waals surface area contributed by atoms with Crippen molar-refractivity contribution in [1.29, 1.82) is 0 Å². The van der Waals surface area contributed by atoms with Crippen molar-refractivity contribution < 1.29 is 5.21 Å². The van der Waals surface area contributed by atoms with E-state index in [-0.39, 0.29) is 0 Å². The molecule has 0 radical (unpaired) electrons. The monoisotopic (exact) mass is 200 g/mol. The highest BCUT2D eigenvalue weighted by Gasteiger charge is 2.18. The lowest BCUT2D eigenvalue weighted by Crippen LogP contribution is -2.16. The molecule has 1 aliphatic rings. The lowest BCUT2D eigenvalue weighted by atomic mass is 10.1. The van der Waals surface area contributed by atoms with Gasteiger partial charge in [0.05, 0.1) is 5.69 Å². The number of para-hydroxylation sites is 1. The van der Waals surface area contributed by atoms with Crippen LogP contribution in [0.3, 0.4) is 0 Å². The highest BCUT2D eigenvalue weighted by Crippen LogP contribution is 2.25. The first-order valence-electron chi connectivity index (χ1n) is 5.20. The van der Waals surface area contributed by atoms with Crippen molar-refractivity contribution >= 4 is 16.6 Å². The molecule has 1 aromatic carbocycles. The molecule has 3 rings (SSSR count). The third-order valence-electron chi connectivity index (χ3n) is 3.02. The van der Waals surface area contributed by atoms with Crippen molar-refractivity contribution in [3.63, 3.8) is 0 Å². The van der Waals surface area contributed by atoms with E-state index in [2.05, 4.69) is 27.9 Å². The molecule has 1 N–H and O–H groups in total. The van der Waals surface area contributed by atoms with Crippen molar-refractivity contribution in [3.05, 3.63) is 36.0 Å². The molecule has 0 atom stereocenters. The first kappa shape index (κ1) is 8.53. The Morgan fingerprint density at radius 1 is 1.27 bits per heavy atom. The van der Waals surface area contributed by atoms with E-state index in [0.29, 0.717) is 0 Å². The molecule has 0 fully saturated rings. The number of nitrogens with zero attached hydrogens (tertiary/aromatic N) is 2. The van der Waals surface area contributed by atoms with Crippen LogP contribution in [0.4, 0.5) is 0 Å². The van der Waals surface area contributed by atoms with Gasteiger partial charge in [-0.05, 0) is 25.0 Å². The van der Waals surface area contributed by atoms with Crippen molar-refractivity contribution in [2.24, 2.45) is 5.16 Å². The summed E-state index contributed by atoms with van der Waals surface area (Å²) in [7, 11) is 0. The van der Waals surface area contributed by atoms with Crippen LogP contribution < -0.4 is 0 Å². The van der Waals surface area contributed by atoms with Gasteiger partial charge in [0.2, 0.25) is 0 Å². The smallest absolute Gasteiger partial charge is 0.103 e. The zero-order chi connectivity index (χ0) is 10.3. The van der Waals surface area contributed by atoms with Crippen LogP contribution in [0.2, 0.25) is 0 Å². The van der Waals surface area contributed by atoms with Gasteiger partial charge in [0.25, 0.3) is 0 Å². The summed E-state index contributed by atoms with van der Waals surface area (Å²) in [6.45, 7) is 1.02. The fourth-order valence-corrected chi connectivity index (χ4v) is 2.32. The van der Waals surface area contributed by atoms with Gasteiger partial charge in [0.1, 0.15) is 5.71 Å². The first-order valence-corrected chi connectivity index (χ1v) is 5.20. The predicted molar refractivity (Wildman–Crippen MR) is 59.5 cm³/mol. The Morgan fingerprint density at radius 3 is 3.00 bits per heavy atom. The Morgan fingerprint density at radius 2 is 2.13 bits per heavy atom. The quantitative estimate of drug-likeness (QED) is 0.515. The maximum atomic E-state index is 8.94. The summed E-state index contributed by atoms with van der Waals surface area (Å²) in [6.07, 6.45) is 1.91. The third-order valence-corrected chi connectivity index (χ3v) is 3.02. The molecule has 15 heavy (non-hydrogen) atoms. The number of aryl methyl sites for hydroxylation is 1. The topological polar surface area (TPSA) is 37.5 Å². The molecule has 76 valence electrons. The molecule has 3 heteroatoms. The molecule has 1 aromatic heterocycles. The van der Waals surface area contributed by atoms with E-state index in [1.165, 1.54) is 10.9 Å². The minimum Gasteiger partial charge on any atom is -0.411 e. The van der Waals surface area contributed by atoms with E-state index in [0.717, 1.165) is 30.8 Å². The molecule has 0 aliphatic carbocycles. The van der Waals surface area contributed by atoms with Crippen LogP contribution in [-0.4, -0.2) is 15.5 Å². The SMILES string of the molecule is O/N=C1\CCCn2c1cc1ccccc12. The molecule has 2 heterocycles. The molecular formula is C12H12N2O. The molecule has 1 aliphatic heterocycles. The Balaban J connectivity index is 2.34. The summed E-state index contributed by atoms with van der Waals surface area (Å²) in [5, 5.41) is 13.5. The van der Waals surface area contributed by atoms with Gasteiger partial charge in [-0.15, -0.1) is 0 Å². The average molecular weight is 200 g/mol. The maximum absolute atomic E-state index is 8.94. The summed E-state index contributed by atoms with van der Waals surface area (Å²) >= 11 is 0. The fraction of sp³-hybridized carbons (Fsp3) is 0.250. The van der Waals surface area contributed by atoms with Crippen LogP contribution in [-0.2, 0) is 6.54 Å². The zero-order valence-corrected chi connectivity index (χ0v) is 8.35. The van der Waals surface area contributed by atoms with Gasteiger partial charge >= 0.3 is 0 Å². The van der Waals surface area contributed by atoms with Gasteiger partial charge in [0.15, 0.2) is 0 Å². The normalized spacial score (nSPS) is 18.3. The standard InChI is InChI=1S/C12H12N2O/c15-13-10-5-3-7-14-11-6-2-1-4-9(11)8-12(10)14/h1-2,4,6,8,15H,3,5,7H2/b13-10+. The minimum absolute atomic E-state index is 0.803. The highest BCUT2D eigenvalue weighted by molar-refractivity contribution is 6.03. The van der Waals surface area contributed by atoms with Crippen LogP contribution in [0.25, 0.3) is 10.9 Å². The van der Waals surface area contributed by atoms with Crippen LogP contribution >= 0.6 is 0 Å². The molecule has 0 saturated carbocycles. The molecule has 3 nitrogen and oxygen atoms in total. The summed E-state index contributed by atoms with van der Waals surface area (Å²) < 4.78 is 2.23. The van der Waals surface area contributed by atoms with Crippen LogP contribution in [0, 0.1) is 0 Å². The fourth-order valence-electron chi connectivity index (χ4n) is 2.32. The predicted octanol–water partition coefficient (Wildman–Crippen LogP) is 2.61. The molecule has 0 bridgehead atoms. The third kappa shape index (κ3) is 1.16. The zero-order valence-electron chi connectivity index (χ0n) is 8.35. The van der Waals surface area contributed by atoms with Crippen molar-refractivity contribution in [2.45, 2.75) is 19.4 Å². The number of benzene rings is 1. The van der Waals surface area contributed by atoms with Gasteiger partial charge in [-0.3, -0.25) is 0 Å². The van der Waals surface area contributed by atoms with Gasteiger partial charge < -0.3 is 9.77 Å². The van der Waals surface area contributed by atoms with E-state index >= 15 is 0 Å². The maximum Gasteiger partial charge on any atom is 0.103 e. The number of hydrogen-bond donors (Lipinski definition) is 1. The molecule has 0 saturated heterocycles. The Bertz CT molecular complexity index is 540. The summed E-state index contributed by atoms with van der Waals surface area (Å²) in [5.41, 5.74) is 3.09. The van der Waals surface area contributed by atoms with E-state index in [4.69, 9.17) is 5.21 Å². The number of aromatic nitrogens is 1. The average Bonchev–Trinajstić information content (AvgIpc) is 2.67. The van der Waals surface area contributed by atoms with E-state index < -0.39 is 0 Å². The lowest BCUT2D eigenvalue weighted by molar-refractivity contribution is 0.316. The highest BCUT2D eigenvalue weighted by atomic mass is 16.4. The second-order valence-electron chi connectivity index (χ2n) is 3.89. The lowest BCUT2D eigenvalue weighted by Gasteiger charge is -2.16. The number of oxime groups is 1. The van der Waals surface area contributed by atoms with Gasteiger partial charge in [0, 0.05) is 17.4 Å². The molecular weight excluding hydrogens is 188 g/mol. The van der Waals surface area contributed by atoms with Gasteiger partial charge in [-0.25, -0.2) is 0 Å². The second kappa shape index (κ2) is 3.12. The van der Waals surface area contributed by atoms with E-state index in [9.17, 15) is 0 Å². The Labute approximate surface area is 87.6 Å². The largest absolute Gasteiger partial charge is 0.411 e. The van der Waals surface area contributed by atoms with Gasteiger partial charge in [-0.2, -0.15) is 0 Å². The first-order chi connectivity index (χ1) is 7.40. The van der Waals surface area contributed by atoms with Crippen molar-refractivity contribution in [3.8, 4) is 0 Å². The second-order valence-corrected chi connectivity index (χ2v) is 3.89. The summed E-state index contributed by atoms with van der Waals surface area (Å²) in [4.78, 5) is 0. The molecule has 0 unspecified atom stereocenters. The van der Waals surface area contributed by atoms with Crippen LogP contribution in [0.1, 0.15) is 18.5 Å². The molecule has 0 spiro atoms. The van der Waals surface area contributed by atoms with Crippen LogP contribution in [0.15, 0.2) is 35.5 Å². The summed E-state index contributed by atoms with van der Waals surface area (Å²) in [5.74, 6) is 0. The summed E-state index contributed by atoms with van der Waals surface area (Å²) in [6, 6.07) is 10.4. The van der Waals surface area contributed by atoms with Crippen LogP contribution in [0.5, 0.6) is 0 Å². The molecule has 2 aromatic rings. The Hall–Kier alpha value is -1.77. The van der Waals surface area contributed by atoms with Crippen molar-refractivity contribution in [1.82, 2.24) is 4.57 Å². The number of fused-ring (bicyclic) bond motifs is 3. The van der Waals surface area contributed by atoms with Gasteiger partial charge in [-0.1, -0.05) is 23.4 Å². The van der Waals surface area contributed by atoms with Crippen molar-refractivity contribution in [2.75, 3.05) is 0 Å².